The maximum atomic E-state index is 13.1. The molecule has 0 radical (unpaired) electrons. The van der Waals surface area contributed by atoms with Crippen LogP contribution in [0.3, 0.4) is 0 Å². The number of amides is 2. The van der Waals surface area contributed by atoms with Crippen molar-refractivity contribution in [1.29, 1.82) is 0 Å². The Labute approximate surface area is 155 Å². The summed E-state index contributed by atoms with van der Waals surface area (Å²) in [5.74, 6) is 0.744. The lowest BCUT2D eigenvalue weighted by molar-refractivity contribution is -0.135. The second-order valence-electron chi connectivity index (χ2n) is 8.14. The summed E-state index contributed by atoms with van der Waals surface area (Å²) in [5, 5.41) is 0. The monoisotopic (exact) mass is 355 g/mol. The van der Waals surface area contributed by atoms with Gasteiger partial charge in [-0.15, -0.1) is 0 Å². The van der Waals surface area contributed by atoms with Gasteiger partial charge in [0.2, 0.25) is 11.8 Å². The van der Waals surface area contributed by atoms with E-state index in [4.69, 9.17) is 5.73 Å². The smallest absolute Gasteiger partial charge is 0.228 e. The molecule has 5 heteroatoms. The third kappa shape index (κ3) is 3.25. The minimum absolute atomic E-state index is 0.149. The highest BCUT2D eigenvalue weighted by Crippen LogP contribution is 2.35. The van der Waals surface area contributed by atoms with Crippen LogP contribution in [0.4, 0.5) is 0 Å². The van der Waals surface area contributed by atoms with Crippen molar-refractivity contribution < 1.29 is 9.59 Å². The third-order valence-corrected chi connectivity index (χ3v) is 6.56. The first-order valence-corrected chi connectivity index (χ1v) is 10.0. The Bertz CT molecular complexity index is 656. The van der Waals surface area contributed by atoms with Gasteiger partial charge in [0, 0.05) is 38.0 Å². The second-order valence-corrected chi connectivity index (χ2v) is 8.14. The Hall–Kier alpha value is -1.88. The van der Waals surface area contributed by atoms with Crippen molar-refractivity contribution in [3.63, 3.8) is 0 Å². The first kappa shape index (κ1) is 17.5. The number of hydrogen-bond acceptors (Lipinski definition) is 3. The molecule has 1 saturated carbocycles. The summed E-state index contributed by atoms with van der Waals surface area (Å²) in [5.41, 5.74) is 7.26. The molecule has 2 heterocycles. The molecule has 1 aromatic carbocycles. The fourth-order valence-corrected chi connectivity index (χ4v) is 5.09. The standard InChI is InChI=1S/C21H29N3O2/c22-11-17-12-23(14-19(17)15-6-2-1-3-7-15)21(26)16-10-20(25)24(13-16)18-8-4-5-9-18/h1-3,6-7,16-19H,4-5,8-14,22H2/t16?,17-,19+/m1/s1. The average Bonchev–Trinajstić information content (AvgIpc) is 3.40. The topological polar surface area (TPSA) is 66.6 Å². The Morgan fingerprint density at radius 3 is 2.50 bits per heavy atom. The van der Waals surface area contributed by atoms with Crippen LogP contribution in [0.15, 0.2) is 30.3 Å². The van der Waals surface area contributed by atoms with E-state index >= 15 is 0 Å². The van der Waals surface area contributed by atoms with E-state index in [2.05, 4.69) is 12.1 Å². The van der Waals surface area contributed by atoms with Crippen molar-refractivity contribution in [2.24, 2.45) is 17.6 Å². The summed E-state index contributed by atoms with van der Waals surface area (Å²) in [6, 6.07) is 10.7. The van der Waals surface area contributed by atoms with Gasteiger partial charge in [-0.1, -0.05) is 43.2 Å². The summed E-state index contributed by atoms with van der Waals surface area (Å²) < 4.78 is 0. The fraction of sp³-hybridized carbons (Fsp3) is 0.619. The minimum Gasteiger partial charge on any atom is -0.341 e. The van der Waals surface area contributed by atoms with Gasteiger partial charge < -0.3 is 15.5 Å². The van der Waals surface area contributed by atoms with Crippen LogP contribution in [-0.4, -0.2) is 53.8 Å². The zero-order valence-corrected chi connectivity index (χ0v) is 15.3. The molecule has 3 fully saturated rings. The van der Waals surface area contributed by atoms with E-state index in [9.17, 15) is 9.59 Å². The fourth-order valence-electron chi connectivity index (χ4n) is 5.09. The molecular weight excluding hydrogens is 326 g/mol. The van der Waals surface area contributed by atoms with Gasteiger partial charge in [-0.3, -0.25) is 9.59 Å². The van der Waals surface area contributed by atoms with Crippen molar-refractivity contribution in [1.82, 2.24) is 9.80 Å². The van der Waals surface area contributed by atoms with Crippen LogP contribution in [0.25, 0.3) is 0 Å². The first-order valence-electron chi connectivity index (χ1n) is 10.0. The summed E-state index contributed by atoms with van der Waals surface area (Å²) in [6.45, 7) is 2.63. The highest BCUT2D eigenvalue weighted by molar-refractivity contribution is 5.89. The summed E-state index contributed by atoms with van der Waals surface area (Å²) in [4.78, 5) is 29.5. The van der Waals surface area contributed by atoms with E-state index in [1.807, 2.05) is 28.0 Å². The molecule has 140 valence electrons. The summed E-state index contributed by atoms with van der Waals surface area (Å²) >= 11 is 0. The van der Waals surface area contributed by atoms with Crippen LogP contribution in [0, 0.1) is 11.8 Å². The molecule has 4 rings (SSSR count). The molecule has 3 aliphatic rings. The second kappa shape index (κ2) is 7.39. The Morgan fingerprint density at radius 1 is 1.08 bits per heavy atom. The van der Waals surface area contributed by atoms with Crippen molar-refractivity contribution in [2.75, 3.05) is 26.2 Å². The molecular formula is C21H29N3O2. The molecule has 2 saturated heterocycles. The predicted molar refractivity (Wildman–Crippen MR) is 100 cm³/mol. The van der Waals surface area contributed by atoms with E-state index in [1.54, 1.807) is 0 Å². The van der Waals surface area contributed by atoms with E-state index in [1.165, 1.54) is 18.4 Å². The Morgan fingerprint density at radius 2 is 1.81 bits per heavy atom. The highest BCUT2D eigenvalue weighted by Gasteiger charge is 2.43. The maximum absolute atomic E-state index is 13.1. The maximum Gasteiger partial charge on any atom is 0.228 e. The quantitative estimate of drug-likeness (QED) is 0.898. The van der Waals surface area contributed by atoms with Crippen LogP contribution >= 0.6 is 0 Å². The van der Waals surface area contributed by atoms with E-state index < -0.39 is 0 Å². The van der Waals surface area contributed by atoms with Crippen molar-refractivity contribution in [3.8, 4) is 0 Å². The third-order valence-electron chi connectivity index (χ3n) is 6.56. The van der Waals surface area contributed by atoms with E-state index in [-0.39, 0.29) is 17.7 Å². The van der Waals surface area contributed by atoms with Crippen molar-refractivity contribution in [2.45, 2.75) is 44.1 Å². The molecule has 1 aromatic rings. The van der Waals surface area contributed by atoms with Gasteiger partial charge in [0.1, 0.15) is 0 Å². The van der Waals surface area contributed by atoms with Crippen molar-refractivity contribution >= 4 is 11.8 Å². The van der Waals surface area contributed by atoms with Gasteiger partial charge in [-0.05, 0) is 30.9 Å². The number of carbonyl (C=O) groups excluding carboxylic acids is 2. The molecule has 2 N–H and O–H groups in total. The average molecular weight is 355 g/mol. The van der Waals surface area contributed by atoms with Crippen molar-refractivity contribution in [3.05, 3.63) is 35.9 Å². The zero-order valence-electron chi connectivity index (χ0n) is 15.3. The van der Waals surface area contributed by atoms with Gasteiger partial charge in [0.25, 0.3) is 0 Å². The van der Waals surface area contributed by atoms with Crippen LogP contribution < -0.4 is 5.73 Å². The summed E-state index contributed by atoms with van der Waals surface area (Å²) in [6.07, 6.45) is 4.99. The Kier molecular flexibility index (Phi) is 4.98. The van der Waals surface area contributed by atoms with Crippen LogP contribution in [0.5, 0.6) is 0 Å². The molecule has 2 amide bonds. The molecule has 2 aliphatic heterocycles. The number of hydrogen-bond donors (Lipinski definition) is 1. The van der Waals surface area contributed by atoms with Gasteiger partial charge in [-0.2, -0.15) is 0 Å². The number of nitrogens with two attached hydrogens (primary N) is 1. The molecule has 1 aliphatic carbocycles. The van der Waals surface area contributed by atoms with Gasteiger partial charge in [0.15, 0.2) is 0 Å². The SMILES string of the molecule is NC[C@@H]1CN(C(=O)C2CC(=O)N(C3CCCC3)C2)C[C@H]1c1ccccc1. The van der Waals surface area contributed by atoms with E-state index in [0.717, 1.165) is 19.4 Å². The minimum atomic E-state index is -0.170. The van der Waals surface area contributed by atoms with E-state index in [0.29, 0.717) is 43.9 Å². The number of rotatable bonds is 4. The predicted octanol–water partition coefficient (Wildman–Crippen LogP) is 1.98. The van der Waals surface area contributed by atoms with Gasteiger partial charge in [-0.25, -0.2) is 0 Å². The van der Waals surface area contributed by atoms with Crippen LogP contribution in [-0.2, 0) is 9.59 Å². The zero-order chi connectivity index (χ0) is 18.1. The molecule has 0 bridgehead atoms. The molecule has 0 aromatic heterocycles. The number of likely N-dealkylation sites (tertiary alicyclic amines) is 2. The molecule has 3 atom stereocenters. The van der Waals surface area contributed by atoms with Gasteiger partial charge in [0.05, 0.1) is 5.92 Å². The number of benzene rings is 1. The molecule has 26 heavy (non-hydrogen) atoms. The van der Waals surface area contributed by atoms with Crippen LogP contribution in [0.2, 0.25) is 0 Å². The largest absolute Gasteiger partial charge is 0.341 e. The first-order chi connectivity index (χ1) is 12.7. The van der Waals surface area contributed by atoms with Crippen LogP contribution in [0.1, 0.15) is 43.6 Å². The Balaban J connectivity index is 1.43. The highest BCUT2D eigenvalue weighted by atomic mass is 16.2. The molecule has 1 unspecified atom stereocenters. The lowest BCUT2D eigenvalue weighted by Gasteiger charge is -2.25. The molecule has 0 spiro atoms. The lowest BCUT2D eigenvalue weighted by atomic mass is 9.89. The normalized spacial score (nSPS) is 29.7. The number of nitrogens with zero attached hydrogens (tertiary/aromatic N) is 2. The lowest BCUT2D eigenvalue weighted by Crippen LogP contribution is -2.38. The molecule has 5 nitrogen and oxygen atoms in total. The number of carbonyl (C=O) groups is 2. The van der Waals surface area contributed by atoms with Gasteiger partial charge >= 0.3 is 0 Å². The summed E-state index contributed by atoms with van der Waals surface area (Å²) in [7, 11) is 0.